The van der Waals surface area contributed by atoms with Gasteiger partial charge in [0.1, 0.15) is 23.9 Å². The van der Waals surface area contributed by atoms with Crippen molar-refractivity contribution in [3.63, 3.8) is 0 Å². The monoisotopic (exact) mass is 288 g/mol. The summed E-state index contributed by atoms with van der Waals surface area (Å²) >= 11 is 0. The Morgan fingerprint density at radius 1 is 1.19 bits per heavy atom. The van der Waals surface area contributed by atoms with Crippen LogP contribution in [-0.4, -0.2) is 15.9 Å². The largest absolute Gasteiger partial charge is 0.457 e. The van der Waals surface area contributed by atoms with Crippen LogP contribution >= 0.6 is 0 Å². The second kappa shape index (κ2) is 5.32. The van der Waals surface area contributed by atoms with Gasteiger partial charge in [-0.2, -0.15) is 0 Å². The first kappa shape index (κ1) is 13.2. The third-order valence-corrected chi connectivity index (χ3v) is 3.09. The number of ether oxygens (including phenoxy) is 1. The van der Waals surface area contributed by atoms with Gasteiger partial charge < -0.3 is 9.72 Å². The van der Waals surface area contributed by atoms with E-state index in [1.807, 2.05) is 0 Å². The number of aromatic amines is 1. The molecule has 0 saturated carbocycles. The smallest absolute Gasteiger partial charge is 0.339 e. The van der Waals surface area contributed by atoms with E-state index in [1.165, 1.54) is 18.3 Å². The highest BCUT2D eigenvalue weighted by molar-refractivity contribution is 6.02. The number of rotatable bonds is 3. The lowest BCUT2D eigenvalue weighted by atomic mass is 10.2. The molecule has 3 rings (SSSR count). The number of pyridine rings is 1. The lowest BCUT2D eigenvalue weighted by Gasteiger charge is -2.07. The van der Waals surface area contributed by atoms with Crippen LogP contribution in [0.4, 0.5) is 8.78 Å². The van der Waals surface area contributed by atoms with Crippen LogP contribution < -0.4 is 0 Å². The number of hydrogen-bond acceptors (Lipinski definition) is 3. The number of esters is 1. The van der Waals surface area contributed by atoms with Gasteiger partial charge in [-0.1, -0.05) is 6.07 Å². The summed E-state index contributed by atoms with van der Waals surface area (Å²) in [6, 6.07) is 6.66. The summed E-state index contributed by atoms with van der Waals surface area (Å²) < 4.78 is 31.9. The van der Waals surface area contributed by atoms with Crippen molar-refractivity contribution < 1.29 is 18.3 Å². The minimum atomic E-state index is -0.746. The summed E-state index contributed by atoms with van der Waals surface area (Å²) in [4.78, 5) is 19.0. The number of benzene rings is 1. The second-order valence-corrected chi connectivity index (χ2v) is 4.37. The van der Waals surface area contributed by atoms with Gasteiger partial charge in [0.25, 0.3) is 0 Å². The molecule has 0 fully saturated rings. The highest BCUT2D eigenvalue weighted by Gasteiger charge is 2.15. The van der Waals surface area contributed by atoms with Gasteiger partial charge in [0.05, 0.1) is 11.1 Å². The van der Waals surface area contributed by atoms with E-state index in [2.05, 4.69) is 9.97 Å². The molecule has 106 valence electrons. The first-order valence-corrected chi connectivity index (χ1v) is 6.19. The van der Waals surface area contributed by atoms with Crippen molar-refractivity contribution in [2.24, 2.45) is 0 Å². The molecule has 0 spiro atoms. The van der Waals surface area contributed by atoms with E-state index in [9.17, 15) is 13.6 Å². The third-order valence-electron chi connectivity index (χ3n) is 3.09. The molecule has 21 heavy (non-hydrogen) atoms. The molecule has 2 aromatic heterocycles. The normalized spacial score (nSPS) is 10.8. The van der Waals surface area contributed by atoms with Crippen LogP contribution in [-0.2, 0) is 11.3 Å². The highest BCUT2D eigenvalue weighted by atomic mass is 19.1. The van der Waals surface area contributed by atoms with Crippen molar-refractivity contribution in [1.82, 2.24) is 9.97 Å². The predicted octanol–water partition coefficient (Wildman–Crippen LogP) is 3.20. The maximum atomic E-state index is 13.5. The molecule has 0 saturated heterocycles. The number of carbonyl (C=O) groups is 1. The zero-order valence-electron chi connectivity index (χ0n) is 10.8. The summed E-state index contributed by atoms with van der Waals surface area (Å²) in [6.07, 6.45) is 3.10. The van der Waals surface area contributed by atoms with Gasteiger partial charge in [-0.25, -0.2) is 18.6 Å². The Kier molecular flexibility index (Phi) is 3.35. The van der Waals surface area contributed by atoms with Crippen molar-refractivity contribution >= 4 is 17.0 Å². The summed E-state index contributed by atoms with van der Waals surface area (Å²) in [5.41, 5.74) is 0.560. The fourth-order valence-corrected chi connectivity index (χ4v) is 2.02. The molecule has 0 amide bonds. The maximum absolute atomic E-state index is 13.5. The lowest BCUT2D eigenvalue weighted by Crippen LogP contribution is -2.08. The topological polar surface area (TPSA) is 55.0 Å². The molecule has 4 nitrogen and oxygen atoms in total. The van der Waals surface area contributed by atoms with E-state index in [-0.39, 0.29) is 11.1 Å². The molecule has 3 aromatic rings. The molecule has 0 bridgehead atoms. The fraction of sp³-hybridized carbons (Fsp3) is 0.0667. The Morgan fingerprint density at radius 3 is 2.71 bits per heavy atom. The van der Waals surface area contributed by atoms with E-state index >= 15 is 0 Å². The van der Waals surface area contributed by atoms with E-state index in [1.54, 1.807) is 12.3 Å². The zero-order chi connectivity index (χ0) is 14.8. The summed E-state index contributed by atoms with van der Waals surface area (Å²) in [7, 11) is 0. The van der Waals surface area contributed by atoms with Gasteiger partial charge in [-0.3, -0.25) is 0 Å². The molecule has 1 N–H and O–H groups in total. The molecule has 1 aromatic carbocycles. The lowest BCUT2D eigenvalue weighted by molar-refractivity contribution is 0.0467. The highest BCUT2D eigenvalue weighted by Crippen LogP contribution is 2.18. The number of aromatic nitrogens is 2. The average Bonchev–Trinajstić information content (AvgIpc) is 2.94. The molecule has 0 aliphatic rings. The molecule has 2 heterocycles. The molecule has 0 radical (unpaired) electrons. The standard InChI is InChI=1S/C15H10F2N2O2/c16-12-2-1-3-13(17)11(12)8-21-15(20)10-5-7-19-14-9(10)4-6-18-14/h1-7H,8H2,(H,18,19). The average molecular weight is 288 g/mol. The number of H-pyrrole nitrogens is 1. The van der Waals surface area contributed by atoms with Crippen molar-refractivity contribution in [2.45, 2.75) is 6.61 Å². The maximum Gasteiger partial charge on any atom is 0.339 e. The number of carbonyl (C=O) groups excluding carboxylic acids is 1. The van der Waals surface area contributed by atoms with Gasteiger partial charge in [-0.05, 0) is 24.3 Å². The Morgan fingerprint density at radius 2 is 1.95 bits per heavy atom. The van der Waals surface area contributed by atoms with E-state index < -0.39 is 24.2 Å². The number of halogens is 2. The van der Waals surface area contributed by atoms with Crippen LogP contribution in [0.3, 0.4) is 0 Å². The number of hydrogen-bond donors (Lipinski definition) is 1. The van der Waals surface area contributed by atoms with E-state index in [0.717, 1.165) is 12.1 Å². The van der Waals surface area contributed by atoms with Gasteiger partial charge >= 0.3 is 5.97 Å². The van der Waals surface area contributed by atoms with E-state index in [0.29, 0.717) is 11.0 Å². The predicted molar refractivity (Wildman–Crippen MR) is 71.6 cm³/mol. The summed E-state index contributed by atoms with van der Waals surface area (Å²) in [5.74, 6) is -2.15. The molecule has 0 aliphatic heterocycles. The molecular formula is C15H10F2N2O2. The fourth-order valence-electron chi connectivity index (χ4n) is 2.02. The SMILES string of the molecule is O=C(OCc1c(F)cccc1F)c1ccnc2[nH]ccc12. The van der Waals surface area contributed by atoms with Crippen molar-refractivity contribution in [2.75, 3.05) is 0 Å². The van der Waals surface area contributed by atoms with Crippen LogP contribution in [0.5, 0.6) is 0 Å². The van der Waals surface area contributed by atoms with Gasteiger partial charge in [-0.15, -0.1) is 0 Å². The van der Waals surface area contributed by atoms with Crippen LogP contribution in [0.15, 0.2) is 42.7 Å². The number of nitrogens with zero attached hydrogens (tertiary/aromatic N) is 1. The summed E-state index contributed by atoms with van der Waals surface area (Å²) in [6.45, 7) is -0.467. The quantitative estimate of drug-likeness (QED) is 0.753. The van der Waals surface area contributed by atoms with Gasteiger partial charge in [0.2, 0.25) is 0 Å². The van der Waals surface area contributed by atoms with Crippen LogP contribution in [0, 0.1) is 11.6 Å². The van der Waals surface area contributed by atoms with E-state index in [4.69, 9.17) is 4.74 Å². The van der Waals surface area contributed by atoms with Gasteiger partial charge in [0, 0.05) is 17.8 Å². The minimum Gasteiger partial charge on any atom is -0.457 e. The number of nitrogens with one attached hydrogen (secondary N) is 1. The first-order chi connectivity index (χ1) is 10.2. The number of fused-ring (bicyclic) bond motifs is 1. The Bertz CT molecular complexity index is 794. The van der Waals surface area contributed by atoms with Gasteiger partial charge in [0.15, 0.2) is 0 Å². The molecule has 0 unspecified atom stereocenters. The van der Waals surface area contributed by atoms with Crippen molar-refractivity contribution in [3.8, 4) is 0 Å². The molecule has 0 aliphatic carbocycles. The van der Waals surface area contributed by atoms with Crippen molar-refractivity contribution in [1.29, 1.82) is 0 Å². The van der Waals surface area contributed by atoms with Crippen LogP contribution in [0.2, 0.25) is 0 Å². The molecular weight excluding hydrogens is 278 g/mol. The van der Waals surface area contributed by atoms with Crippen molar-refractivity contribution in [3.05, 3.63) is 65.5 Å². The summed E-state index contributed by atoms with van der Waals surface area (Å²) in [5, 5.41) is 0.594. The third kappa shape index (κ3) is 2.47. The second-order valence-electron chi connectivity index (χ2n) is 4.37. The van der Waals surface area contributed by atoms with Crippen LogP contribution in [0.1, 0.15) is 15.9 Å². The first-order valence-electron chi connectivity index (χ1n) is 6.19. The zero-order valence-corrected chi connectivity index (χ0v) is 10.8. The Balaban J connectivity index is 1.83. The Hall–Kier alpha value is -2.76. The van der Waals surface area contributed by atoms with Crippen LogP contribution in [0.25, 0.3) is 11.0 Å². The minimum absolute atomic E-state index is 0.273. The molecule has 0 atom stereocenters. The molecule has 6 heteroatoms. The Labute approximate surface area is 118 Å².